The van der Waals surface area contributed by atoms with Crippen molar-refractivity contribution in [1.29, 1.82) is 0 Å². The monoisotopic (exact) mass is 450 g/mol. The van der Waals surface area contributed by atoms with Gasteiger partial charge in [-0.25, -0.2) is 4.39 Å². The van der Waals surface area contributed by atoms with Crippen LogP contribution in [-0.4, -0.2) is 30.4 Å². The van der Waals surface area contributed by atoms with E-state index in [4.69, 9.17) is 4.74 Å². The minimum atomic E-state index is -1.04. The number of halogens is 2. The molecule has 0 saturated carbocycles. The molecule has 2 aromatic rings. The van der Waals surface area contributed by atoms with E-state index in [2.05, 4.69) is 26.6 Å². The molecule has 28 heavy (non-hydrogen) atoms. The molecule has 6 nitrogen and oxygen atoms in total. The van der Waals surface area contributed by atoms with Crippen molar-refractivity contribution in [1.82, 2.24) is 10.6 Å². The second-order valence-electron chi connectivity index (χ2n) is 6.10. The lowest BCUT2D eigenvalue weighted by molar-refractivity contribution is -0.154. The van der Waals surface area contributed by atoms with Gasteiger partial charge in [0.15, 0.2) is 6.10 Å². The number of carbonyl (C=O) groups is 3. The summed E-state index contributed by atoms with van der Waals surface area (Å²) in [4.78, 5) is 36.0. The van der Waals surface area contributed by atoms with E-state index >= 15 is 0 Å². The molecule has 2 N–H and O–H groups in total. The van der Waals surface area contributed by atoms with Crippen LogP contribution in [0.25, 0.3) is 0 Å². The second-order valence-corrected chi connectivity index (χ2v) is 7.02. The molecule has 0 radical (unpaired) electrons. The molecule has 2 rings (SSSR count). The molecule has 8 heteroatoms. The number of benzene rings is 2. The molecule has 2 unspecified atom stereocenters. The minimum Gasteiger partial charge on any atom is -0.451 e. The highest BCUT2D eigenvalue weighted by atomic mass is 79.9. The summed E-state index contributed by atoms with van der Waals surface area (Å²) in [6, 6.07) is 12.0. The van der Waals surface area contributed by atoms with Crippen LogP contribution in [-0.2, 0) is 14.3 Å². The molecule has 0 aliphatic carbocycles. The maximum atomic E-state index is 13.0. The number of esters is 1. The highest BCUT2D eigenvalue weighted by Crippen LogP contribution is 2.13. The van der Waals surface area contributed by atoms with Crippen LogP contribution in [0.5, 0.6) is 0 Å². The molecule has 2 amide bonds. The SMILES string of the molecule is CC(OC(=O)CNC(=O)c1ccc(Br)cc1)C(=O)NC(C)c1ccc(F)cc1. The van der Waals surface area contributed by atoms with Crippen molar-refractivity contribution in [3.05, 3.63) is 69.9 Å². The zero-order valence-electron chi connectivity index (χ0n) is 15.4. The van der Waals surface area contributed by atoms with E-state index in [9.17, 15) is 18.8 Å². The van der Waals surface area contributed by atoms with Crippen molar-refractivity contribution in [3.63, 3.8) is 0 Å². The van der Waals surface area contributed by atoms with E-state index in [1.54, 1.807) is 43.3 Å². The van der Waals surface area contributed by atoms with Crippen molar-refractivity contribution in [2.24, 2.45) is 0 Å². The number of ether oxygens (including phenoxy) is 1. The van der Waals surface area contributed by atoms with E-state index in [0.717, 1.165) is 10.0 Å². The number of carbonyl (C=O) groups excluding carboxylic acids is 3. The number of hydrogen-bond donors (Lipinski definition) is 2. The van der Waals surface area contributed by atoms with Gasteiger partial charge >= 0.3 is 5.97 Å². The van der Waals surface area contributed by atoms with Gasteiger partial charge in [0.2, 0.25) is 0 Å². The van der Waals surface area contributed by atoms with Gasteiger partial charge in [0, 0.05) is 10.0 Å². The molecular formula is C20H20BrFN2O4. The van der Waals surface area contributed by atoms with E-state index < -0.39 is 23.9 Å². The van der Waals surface area contributed by atoms with Gasteiger partial charge in [-0.15, -0.1) is 0 Å². The quantitative estimate of drug-likeness (QED) is 0.634. The third-order valence-corrected chi connectivity index (χ3v) is 4.43. The molecule has 0 saturated heterocycles. The predicted molar refractivity (Wildman–Crippen MR) is 105 cm³/mol. The smallest absolute Gasteiger partial charge is 0.326 e. The number of amides is 2. The Morgan fingerprint density at radius 3 is 2.25 bits per heavy atom. The van der Waals surface area contributed by atoms with Crippen LogP contribution in [0.4, 0.5) is 4.39 Å². The van der Waals surface area contributed by atoms with E-state index in [-0.39, 0.29) is 18.4 Å². The highest BCUT2D eigenvalue weighted by molar-refractivity contribution is 9.10. The van der Waals surface area contributed by atoms with Gasteiger partial charge in [-0.2, -0.15) is 0 Å². The van der Waals surface area contributed by atoms with Crippen molar-refractivity contribution >= 4 is 33.7 Å². The van der Waals surface area contributed by atoms with Crippen LogP contribution in [0.3, 0.4) is 0 Å². The lowest BCUT2D eigenvalue weighted by atomic mass is 10.1. The lowest BCUT2D eigenvalue weighted by Crippen LogP contribution is -2.39. The van der Waals surface area contributed by atoms with Crippen LogP contribution < -0.4 is 10.6 Å². The summed E-state index contributed by atoms with van der Waals surface area (Å²) < 4.78 is 18.8. The Labute approximate surface area is 170 Å². The van der Waals surface area contributed by atoms with Gasteiger partial charge < -0.3 is 15.4 Å². The molecule has 0 aromatic heterocycles. The second kappa shape index (κ2) is 9.98. The molecule has 0 heterocycles. The summed E-state index contributed by atoms with van der Waals surface area (Å²) in [5.74, 6) is -2.02. The van der Waals surface area contributed by atoms with E-state index in [0.29, 0.717) is 5.56 Å². The Morgan fingerprint density at radius 2 is 1.64 bits per heavy atom. The number of rotatable bonds is 7. The van der Waals surface area contributed by atoms with Gasteiger partial charge in [-0.1, -0.05) is 28.1 Å². The van der Waals surface area contributed by atoms with Crippen LogP contribution >= 0.6 is 15.9 Å². The first-order valence-electron chi connectivity index (χ1n) is 8.55. The molecule has 148 valence electrons. The standard InChI is InChI=1S/C20H20BrFN2O4/c1-12(14-5-9-17(22)10-6-14)24-19(26)13(2)28-18(25)11-23-20(27)15-3-7-16(21)8-4-15/h3-10,12-13H,11H2,1-2H3,(H,23,27)(H,24,26). The minimum absolute atomic E-state index is 0.361. The Balaban J connectivity index is 1.79. The summed E-state index contributed by atoms with van der Waals surface area (Å²) in [5.41, 5.74) is 1.12. The first kappa shape index (κ1) is 21.6. The fourth-order valence-electron chi connectivity index (χ4n) is 2.31. The maximum absolute atomic E-state index is 13.0. The highest BCUT2D eigenvalue weighted by Gasteiger charge is 2.20. The van der Waals surface area contributed by atoms with Crippen LogP contribution in [0.2, 0.25) is 0 Å². The Morgan fingerprint density at radius 1 is 1.04 bits per heavy atom. The van der Waals surface area contributed by atoms with Crippen molar-refractivity contribution in [2.75, 3.05) is 6.54 Å². The summed E-state index contributed by atoms with van der Waals surface area (Å²) in [7, 11) is 0. The van der Waals surface area contributed by atoms with Crippen LogP contribution in [0, 0.1) is 5.82 Å². The fraction of sp³-hybridized carbons (Fsp3) is 0.250. The molecule has 0 aliphatic rings. The number of nitrogens with one attached hydrogen (secondary N) is 2. The van der Waals surface area contributed by atoms with Gasteiger partial charge in [0.25, 0.3) is 11.8 Å². The zero-order valence-corrected chi connectivity index (χ0v) is 17.0. The van der Waals surface area contributed by atoms with Gasteiger partial charge in [-0.05, 0) is 55.8 Å². The summed E-state index contributed by atoms with van der Waals surface area (Å²) >= 11 is 3.27. The molecular weight excluding hydrogens is 431 g/mol. The largest absolute Gasteiger partial charge is 0.451 e. The molecule has 0 bridgehead atoms. The average Bonchev–Trinajstić information content (AvgIpc) is 2.67. The summed E-state index contributed by atoms with van der Waals surface area (Å²) in [6.07, 6.45) is -1.04. The molecule has 2 atom stereocenters. The first-order chi connectivity index (χ1) is 13.3. The van der Waals surface area contributed by atoms with Crippen LogP contribution in [0.1, 0.15) is 35.8 Å². The third kappa shape index (κ3) is 6.45. The molecule has 0 spiro atoms. The fourth-order valence-corrected chi connectivity index (χ4v) is 2.58. The normalized spacial score (nSPS) is 12.6. The van der Waals surface area contributed by atoms with E-state index in [1.165, 1.54) is 19.1 Å². The van der Waals surface area contributed by atoms with Gasteiger partial charge in [-0.3, -0.25) is 14.4 Å². The summed E-state index contributed by atoms with van der Waals surface area (Å²) in [5, 5.41) is 5.12. The maximum Gasteiger partial charge on any atom is 0.326 e. The van der Waals surface area contributed by atoms with Gasteiger partial charge in [0.05, 0.1) is 6.04 Å². The van der Waals surface area contributed by atoms with Crippen molar-refractivity contribution < 1.29 is 23.5 Å². The Bertz CT molecular complexity index is 840. The van der Waals surface area contributed by atoms with Crippen molar-refractivity contribution in [3.8, 4) is 0 Å². The Kier molecular flexibility index (Phi) is 7.69. The van der Waals surface area contributed by atoms with Crippen molar-refractivity contribution in [2.45, 2.75) is 26.0 Å². The predicted octanol–water partition coefficient (Wildman–Crippen LogP) is 3.13. The Hall–Kier alpha value is -2.74. The summed E-state index contributed by atoms with van der Waals surface area (Å²) in [6.45, 7) is 2.80. The molecule has 0 fully saturated rings. The van der Waals surface area contributed by atoms with Gasteiger partial charge in [0.1, 0.15) is 12.4 Å². The lowest BCUT2D eigenvalue weighted by Gasteiger charge is -2.18. The topological polar surface area (TPSA) is 84.5 Å². The van der Waals surface area contributed by atoms with Crippen LogP contribution in [0.15, 0.2) is 53.0 Å². The van der Waals surface area contributed by atoms with E-state index in [1.807, 2.05) is 0 Å². The third-order valence-electron chi connectivity index (χ3n) is 3.91. The zero-order chi connectivity index (χ0) is 20.7. The molecule has 2 aromatic carbocycles. The number of hydrogen-bond acceptors (Lipinski definition) is 4. The molecule has 0 aliphatic heterocycles. The average molecular weight is 451 g/mol. The first-order valence-corrected chi connectivity index (χ1v) is 9.34.